The van der Waals surface area contributed by atoms with Gasteiger partial charge in [-0.15, -0.1) is 0 Å². The van der Waals surface area contributed by atoms with Crippen molar-refractivity contribution in [1.82, 2.24) is 9.97 Å². The highest BCUT2D eigenvalue weighted by Crippen LogP contribution is 2.21. The van der Waals surface area contributed by atoms with Gasteiger partial charge in [0, 0.05) is 19.8 Å². The van der Waals surface area contributed by atoms with Crippen LogP contribution < -0.4 is 10.5 Å². The highest BCUT2D eigenvalue weighted by molar-refractivity contribution is 7.21. The van der Waals surface area contributed by atoms with Gasteiger partial charge >= 0.3 is 0 Å². The molecule has 2 aromatic heterocycles. The van der Waals surface area contributed by atoms with E-state index in [1.165, 1.54) is 16.9 Å². The molecule has 0 bridgehead atoms. The van der Waals surface area contributed by atoms with Gasteiger partial charge in [0.1, 0.15) is 4.83 Å². The lowest BCUT2D eigenvalue weighted by atomic mass is 10.1. The zero-order valence-electron chi connectivity index (χ0n) is 11.7. The monoisotopic (exact) mass is 297 g/mol. The molecule has 0 atom stereocenters. The normalized spacial score (nSPS) is 10.7. The summed E-state index contributed by atoms with van der Waals surface area (Å²) in [5.41, 5.74) is 1.06. The number of fused-ring (bicyclic) bond motifs is 1. The number of hydrogen-bond acceptors (Lipinski definition) is 5. The van der Waals surface area contributed by atoms with Crippen LogP contribution in [0.4, 0.5) is 5.13 Å². The van der Waals surface area contributed by atoms with E-state index >= 15 is 0 Å². The first-order valence-electron chi connectivity index (χ1n) is 6.75. The first-order valence-corrected chi connectivity index (χ1v) is 7.56. The van der Waals surface area contributed by atoms with Crippen molar-refractivity contribution in [3.63, 3.8) is 0 Å². The quantitative estimate of drug-likeness (QED) is 0.743. The largest absolute Gasteiger partial charge is 0.351 e. The number of hydrogen-bond donors (Lipinski definition) is 0. The van der Waals surface area contributed by atoms with Gasteiger partial charge in [-0.1, -0.05) is 41.7 Å². The minimum atomic E-state index is -0.210. The van der Waals surface area contributed by atoms with E-state index in [1.54, 1.807) is 18.3 Å². The lowest BCUT2D eigenvalue weighted by Gasteiger charge is -2.17. The fraction of sp³-hybridized carbons (Fsp3) is 0.188. The molecular formula is C16H15N3OS. The van der Waals surface area contributed by atoms with Crippen molar-refractivity contribution in [2.24, 2.45) is 0 Å². The van der Waals surface area contributed by atoms with Crippen LogP contribution in [0.3, 0.4) is 0 Å². The van der Waals surface area contributed by atoms with Gasteiger partial charge in [-0.3, -0.25) is 4.79 Å². The summed E-state index contributed by atoms with van der Waals surface area (Å²) in [7, 11) is 1.95. The van der Waals surface area contributed by atoms with Crippen molar-refractivity contribution in [2.45, 2.75) is 6.42 Å². The highest BCUT2D eigenvalue weighted by atomic mass is 32.1. The minimum absolute atomic E-state index is 0.210. The maximum atomic E-state index is 12.0. The SMILES string of the molecule is CN(CCc1ccccc1)c1nc(=O)c2cccnc2s1. The van der Waals surface area contributed by atoms with Gasteiger partial charge < -0.3 is 4.90 Å². The van der Waals surface area contributed by atoms with Gasteiger partial charge in [-0.25, -0.2) is 4.98 Å². The molecule has 0 aliphatic heterocycles. The van der Waals surface area contributed by atoms with Gasteiger partial charge in [-0.2, -0.15) is 4.98 Å². The third-order valence-corrected chi connectivity index (χ3v) is 4.40. The second-order valence-electron chi connectivity index (χ2n) is 4.81. The first-order chi connectivity index (χ1) is 10.2. The van der Waals surface area contributed by atoms with Crippen molar-refractivity contribution >= 4 is 26.7 Å². The van der Waals surface area contributed by atoms with Crippen LogP contribution >= 0.6 is 11.3 Å². The average molecular weight is 297 g/mol. The second-order valence-corrected chi connectivity index (χ2v) is 5.77. The maximum Gasteiger partial charge on any atom is 0.282 e. The van der Waals surface area contributed by atoms with Gasteiger partial charge in [0.25, 0.3) is 5.56 Å². The number of aromatic nitrogens is 2. The van der Waals surface area contributed by atoms with Crippen molar-refractivity contribution in [2.75, 3.05) is 18.5 Å². The number of benzene rings is 1. The Morgan fingerprint density at radius 3 is 2.76 bits per heavy atom. The number of pyridine rings is 1. The molecule has 0 amide bonds. The van der Waals surface area contributed by atoms with Crippen molar-refractivity contribution in [1.29, 1.82) is 0 Å². The van der Waals surface area contributed by atoms with Crippen LogP contribution in [0, 0.1) is 0 Å². The van der Waals surface area contributed by atoms with E-state index in [9.17, 15) is 4.79 Å². The smallest absolute Gasteiger partial charge is 0.282 e. The maximum absolute atomic E-state index is 12.0. The number of likely N-dealkylation sites (N-methyl/N-ethyl adjacent to an activating group) is 1. The Balaban J connectivity index is 1.81. The number of rotatable bonds is 4. The molecule has 0 aliphatic rings. The molecule has 0 unspecified atom stereocenters. The lowest BCUT2D eigenvalue weighted by molar-refractivity contribution is 0.868. The molecule has 0 aliphatic carbocycles. The predicted octanol–water partition coefficient (Wildman–Crippen LogP) is 2.73. The van der Waals surface area contributed by atoms with E-state index < -0.39 is 0 Å². The number of anilines is 1. The molecule has 4 nitrogen and oxygen atoms in total. The summed E-state index contributed by atoms with van der Waals surface area (Å²) >= 11 is 1.45. The van der Waals surface area contributed by atoms with E-state index in [2.05, 4.69) is 22.1 Å². The highest BCUT2D eigenvalue weighted by Gasteiger charge is 2.09. The third-order valence-electron chi connectivity index (χ3n) is 3.29. The lowest BCUT2D eigenvalue weighted by Crippen LogP contribution is -2.23. The van der Waals surface area contributed by atoms with E-state index in [-0.39, 0.29) is 5.56 Å². The van der Waals surface area contributed by atoms with Gasteiger partial charge in [-0.05, 0) is 24.1 Å². The molecule has 106 valence electrons. The molecule has 0 radical (unpaired) electrons. The van der Waals surface area contributed by atoms with Crippen molar-refractivity contribution in [3.8, 4) is 0 Å². The van der Waals surface area contributed by atoms with Gasteiger partial charge in [0.2, 0.25) is 0 Å². The Kier molecular flexibility index (Phi) is 3.92. The topological polar surface area (TPSA) is 46.1 Å². The van der Waals surface area contributed by atoms with E-state index in [4.69, 9.17) is 0 Å². The standard InChI is InChI=1S/C16H15N3OS/c1-19(11-9-12-6-3-2-4-7-12)16-18-14(20)13-8-5-10-17-15(13)21-16/h2-8,10H,9,11H2,1H3. The average Bonchev–Trinajstić information content (AvgIpc) is 2.53. The van der Waals surface area contributed by atoms with Crippen molar-refractivity contribution < 1.29 is 0 Å². The molecule has 21 heavy (non-hydrogen) atoms. The van der Waals surface area contributed by atoms with E-state index in [1.807, 2.05) is 30.1 Å². The molecule has 0 N–H and O–H groups in total. The van der Waals surface area contributed by atoms with Crippen LogP contribution in [-0.2, 0) is 6.42 Å². The molecule has 3 rings (SSSR count). The van der Waals surface area contributed by atoms with E-state index in [0.29, 0.717) is 10.5 Å². The van der Waals surface area contributed by atoms with Crippen LogP contribution in [0.1, 0.15) is 5.56 Å². The summed E-state index contributed by atoms with van der Waals surface area (Å²) in [6, 6.07) is 13.8. The third kappa shape index (κ3) is 3.08. The van der Waals surface area contributed by atoms with Crippen LogP contribution in [0.25, 0.3) is 10.2 Å². The molecule has 2 heterocycles. The molecule has 0 spiro atoms. The summed E-state index contributed by atoms with van der Waals surface area (Å²) in [6.07, 6.45) is 2.62. The van der Waals surface area contributed by atoms with Crippen LogP contribution in [0.5, 0.6) is 0 Å². The molecule has 3 aromatic rings. The first kappa shape index (κ1) is 13.7. The summed E-state index contributed by atoms with van der Waals surface area (Å²) in [5, 5.41) is 1.30. The Morgan fingerprint density at radius 1 is 1.14 bits per heavy atom. The Bertz CT molecular complexity index is 801. The summed E-state index contributed by atoms with van der Waals surface area (Å²) in [4.78, 5) is 23.2. The summed E-state index contributed by atoms with van der Waals surface area (Å²) in [5.74, 6) is 0. The Hall–Kier alpha value is -2.27. The van der Waals surface area contributed by atoms with Gasteiger partial charge in [0.15, 0.2) is 5.13 Å². The molecular weight excluding hydrogens is 282 g/mol. The summed E-state index contributed by atoms with van der Waals surface area (Å²) < 4.78 is 0. The molecule has 0 saturated carbocycles. The Morgan fingerprint density at radius 2 is 1.95 bits per heavy atom. The zero-order chi connectivity index (χ0) is 14.7. The van der Waals surface area contributed by atoms with Gasteiger partial charge in [0.05, 0.1) is 5.39 Å². The second kappa shape index (κ2) is 6.01. The molecule has 0 saturated heterocycles. The molecule has 5 heteroatoms. The predicted molar refractivity (Wildman–Crippen MR) is 87.1 cm³/mol. The minimum Gasteiger partial charge on any atom is -0.351 e. The summed E-state index contributed by atoms with van der Waals surface area (Å²) in [6.45, 7) is 0.811. The molecule has 1 aromatic carbocycles. The zero-order valence-corrected chi connectivity index (χ0v) is 12.5. The van der Waals surface area contributed by atoms with Crippen LogP contribution in [0.2, 0.25) is 0 Å². The van der Waals surface area contributed by atoms with E-state index in [0.717, 1.165) is 17.8 Å². The Labute approximate surface area is 126 Å². The number of nitrogens with zero attached hydrogens (tertiary/aromatic N) is 3. The molecule has 0 fully saturated rings. The van der Waals surface area contributed by atoms with Crippen molar-refractivity contribution in [3.05, 3.63) is 64.6 Å². The fourth-order valence-electron chi connectivity index (χ4n) is 2.09. The fourth-order valence-corrected chi connectivity index (χ4v) is 3.02. The van der Waals surface area contributed by atoms with Crippen LogP contribution in [0.15, 0.2) is 53.5 Å². The van der Waals surface area contributed by atoms with Crippen LogP contribution in [-0.4, -0.2) is 23.6 Å².